The standard InChI is InChI=1S/C13H22O5Si2/c1-14-20(15-2,16-3)8-4-5-11-6-7-13-12(9-11)10-17-19-18-13/h6-7,9H,4-5,8,10,19H2,1-3H3. The molecular weight excluding hydrogens is 292 g/mol. The van der Waals surface area contributed by atoms with E-state index in [0.717, 1.165) is 30.2 Å². The second-order valence-corrected chi connectivity index (χ2v) is 8.73. The lowest BCUT2D eigenvalue weighted by atomic mass is 10.1. The van der Waals surface area contributed by atoms with Gasteiger partial charge in [-0.1, -0.05) is 6.07 Å². The summed E-state index contributed by atoms with van der Waals surface area (Å²) in [7, 11) is 1.70. The van der Waals surface area contributed by atoms with Crippen molar-refractivity contribution >= 4 is 18.8 Å². The number of hydrogen-bond donors (Lipinski definition) is 0. The monoisotopic (exact) mass is 314 g/mol. The molecule has 0 saturated heterocycles. The van der Waals surface area contributed by atoms with Crippen molar-refractivity contribution < 1.29 is 22.1 Å². The van der Waals surface area contributed by atoms with Gasteiger partial charge in [0.25, 0.3) is 0 Å². The lowest BCUT2D eigenvalue weighted by molar-refractivity contribution is 0.123. The van der Waals surface area contributed by atoms with E-state index in [4.69, 9.17) is 22.1 Å². The summed E-state index contributed by atoms with van der Waals surface area (Å²) in [5.41, 5.74) is 2.43. The van der Waals surface area contributed by atoms with E-state index >= 15 is 0 Å². The van der Waals surface area contributed by atoms with Gasteiger partial charge in [-0.3, -0.25) is 0 Å². The van der Waals surface area contributed by atoms with Gasteiger partial charge in [0.2, 0.25) is 0 Å². The molecule has 5 nitrogen and oxygen atoms in total. The van der Waals surface area contributed by atoms with Crippen LogP contribution in [0.2, 0.25) is 6.04 Å². The van der Waals surface area contributed by atoms with Crippen LogP contribution < -0.4 is 4.43 Å². The van der Waals surface area contributed by atoms with Crippen LogP contribution in [0.4, 0.5) is 0 Å². The molecule has 0 fully saturated rings. The Bertz CT molecular complexity index is 429. The summed E-state index contributed by atoms with van der Waals surface area (Å²) in [5, 5.41) is 0. The molecule has 0 spiro atoms. The van der Waals surface area contributed by atoms with Crippen LogP contribution in [0.5, 0.6) is 5.75 Å². The Labute approximate surface area is 123 Å². The molecular formula is C13H22O5Si2. The fourth-order valence-corrected chi connectivity index (χ4v) is 4.88. The zero-order valence-electron chi connectivity index (χ0n) is 12.3. The maximum atomic E-state index is 5.55. The van der Waals surface area contributed by atoms with Crippen LogP contribution in [0.25, 0.3) is 0 Å². The van der Waals surface area contributed by atoms with E-state index in [1.54, 1.807) is 21.3 Å². The summed E-state index contributed by atoms with van der Waals surface area (Å²) in [6, 6.07) is 7.15. The summed E-state index contributed by atoms with van der Waals surface area (Å²) in [6.07, 6.45) is 1.94. The molecule has 0 bridgehead atoms. The van der Waals surface area contributed by atoms with Crippen molar-refractivity contribution in [2.24, 2.45) is 0 Å². The first kappa shape index (κ1) is 15.7. The van der Waals surface area contributed by atoms with Crippen LogP contribution in [0.1, 0.15) is 17.5 Å². The van der Waals surface area contributed by atoms with Crippen molar-refractivity contribution in [2.75, 3.05) is 21.3 Å². The lowest BCUT2D eigenvalue weighted by Crippen LogP contribution is -2.42. The van der Waals surface area contributed by atoms with Gasteiger partial charge in [0.1, 0.15) is 5.75 Å². The highest BCUT2D eigenvalue weighted by molar-refractivity contribution is 6.60. The normalized spacial score (nSPS) is 15.9. The average molecular weight is 314 g/mol. The molecule has 0 aromatic heterocycles. The SMILES string of the molecule is CO[Si](CCCc1ccc2c(c1)CO[SiH2]O2)(OC)OC. The summed E-state index contributed by atoms with van der Waals surface area (Å²) in [4.78, 5) is 0. The van der Waals surface area contributed by atoms with Crippen molar-refractivity contribution in [3.63, 3.8) is 0 Å². The summed E-state index contributed by atoms with van der Waals surface area (Å²) < 4.78 is 27.2. The van der Waals surface area contributed by atoms with E-state index in [0.29, 0.717) is 6.61 Å². The van der Waals surface area contributed by atoms with E-state index in [-0.39, 0.29) is 0 Å². The zero-order valence-corrected chi connectivity index (χ0v) is 14.7. The fourth-order valence-electron chi connectivity index (χ4n) is 2.36. The minimum absolute atomic E-state index is 0.683. The van der Waals surface area contributed by atoms with Crippen LogP contribution in [0, 0.1) is 0 Å². The van der Waals surface area contributed by atoms with Crippen molar-refractivity contribution in [3.05, 3.63) is 29.3 Å². The van der Waals surface area contributed by atoms with E-state index in [1.165, 1.54) is 5.56 Å². The predicted molar refractivity (Wildman–Crippen MR) is 80.3 cm³/mol. The average Bonchev–Trinajstić information content (AvgIpc) is 2.52. The Balaban J connectivity index is 1.91. The second kappa shape index (κ2) is 7.34. The van der Waals surface area contributed by atoms with Crippen LogP contribution >= 0.6 is 0 Å². The highest BCUT2D eigenvalue weighted by atomic mass is 28.4. The van der Waals surface area contributed by atoms with Gasteiger partial charge in [-0.2, -0.15) is 0 Å². The highest BCUT2D eigenvalue weighted by Crippen LogP contribution is 2.25. The molecule has 1 aromatic rings. The molecule has 0 N–H and O–H groups in total. The number of rotatable bonds is 7. The molecule has 112 valence electrons. The summed E-state index contributed by atoms with van der Waals surface area (Å²) in [6.45, 7) is 0.683. The molecule has 0 amide bonds. The minimum atomic E-state index is -2.44. The molecule has 1 aliphatic heterocycles. The highest BCUT2D eigenvalue weighted by Gasteiger charge is 2.36. The quantitative estimate of drug-likeness (QED) is 0.712. The molecule has 1 aliphatic rings. The third kappa shape index (κ3) is 3.69. The molecule has 0 saturated carbocycles. The molecule has 20 heavy (non-hydrogen) atoms. The largest absolute Gasteiger partial charge is 0.524 e. The zero-order chi connectivity index (χ0) is 14.4. The molecule has 1 aromatic carbocycles. The van der Waals surface area contributed by atoms with E-state index in [2.05, 4.69) is 12.1 Å². The first-order valence-electron chi connectivity index (χ1n) is 6.71. The predicted octanol–water partition coefficient (Wildman–Crippen LogP) is 1.41. The van der Waals surface area contributed by atoms with E-state index in [1.807, 2.05) is 6.07 Å². The molecule has 0 unspecified atom stereocenters. The fraction of sp³-hybridized carbons (Fsp3) is 0.538. The lowest BCUT2D eigenvalue weighted by Gasteiger charge is -2.24. The third-order valence-corrected chi connectivity index (χ3v) is 7.19. The second-order valence-electron chi connectivity index (χ2n) is 4.70. The van der Waals surface area contributed by atoms with Gasteiger partial charge in [-0.15, -0.1) is 0 Å². The van der Waals surface area contributed by atoms with Crippen molar-refractivity contribution in [1.82, 2.24) is 0 Å². The number of aryl methyl sites for hydroxylation is 1. The van der Waals surface area contributed by atoms with Gasteiger partial charge in [0, 0.05) is 32.9 Å². The molecule has 0 aliphatic carbocycles. The van der Waals surface area contributed by atoms with Crippen LogP contribution in [0.3, 0.4) is 0 Å². The molecule has 2 rings (SSSR count). The van der Waals surface area contributed by atoms with Gasteiger partial charge < -0.3 is 22.1 Å². The maximum Gasteiger partial charge on any atom is 0.500 e. The molecule has 1 heterocycles. The smallest absolute Gasteiger partial charge is 0.500 e. The number of hydrogen-bond acceptors (Lipinski definition) is 5. The minimum Gasteiger partial charge on any atom is -0.524 e. The molecule has 7 heteroatoms. The Morgan fingerprint density at radius 2 is 1.95 bits per heavy atom. The molecule has 0 radical (unpaired) electrons. The van der Waals surface area contributed by atoms with E-state index in [9.17, 15) is 0 Å². The Hall–Kier alpha value is -0.706. The van der Waals surface area contributed by atoms with Crippen molar-refractivity contribution in [2.45, 2.75) is 25.5 Å². The summed E-state index contributed by atoms with van der Waals surface area (Å²) >= 11 is 0. The topological polar surface area (TPSA) is 46.2 Å². The first-order chi connectivity index (χ1) is 9.73. The van der Waals surface area contributed by atoms with Gasteiger partial charge in [0.15, 0.2) is 0 Å². The Kier molecular flexibility index (Phi) is 5.76. The van der Waals surface area contributed by atoms with Gasteiger partial charge in [-0.05, 0) is 30.5 Å². The van der Waals surface area contributed by atoms with Crippen LogP contribution in [-0.4, -0.2) is 40.1 Å². The van der Waals surface area contributed by atoms with Crippen molar-refractivity contribution in [3.8, 4) is 5.75 Å². The van der Waals surface area contributed by atoms with E-state index < -0.39 is 18.8 Å². The first-order valence-corrected chi connectivity index (χ1v) is 9.79. The van der Waals surface area contributed by atoms with Crippen LogP contribution in [0.15, 0.2) is 18.2 Å². The Morgan fingerprint density at radius 3 is 2.65 bits per heavy atom. The molecule has 0 atom stereocenters. The van der Waals surface area contributed by atoms with Gasteiger partial charge in [-0.25, -0.2) is 0 Å². The number of benzene rings is 1. The number of fused-ring (bicyclic) bond motifs is 1. The summed E-state index contributed by atoms with van der Waals surface area (Å²) in [5.74, 6) is 0.987. The van der Waals surface area contributed by atoms with Gasteiger partial charge >= 0.3 is 18.8 Å². The third-order valence-electron chi connectivity index (χ3n) is 3.56. The van der Waals surface area contributed by atoms with Crippen LogP contribution in [-0.2, 0) is 30.7 Å². The maximum absolute atomic E-state index is 5.55. The Morgan fingerprint density at radius 1 is 1.20 bits per heavy atom. The van der Waals surface area contributed by atoms with Gasteiger partial charge in [0.05, 0.1) is 6.61 Å². The van der Waals surface area contributed by atoms with Crippen molar-refractivity contribution in [1.29, 1.82) is 0 Å².